The molecule has 5 rings (SSSR count). The molecule has 202 valence electrons. The Kier molecular flexibility index (Phi) is 9.25. The van der Waals surface area contributed by atoms with E-state index >= 15 is 0 Å². The lowest BCUT2D eigenvalue weighted by Gasteiger charge is -2.32. The van der Waals surface area contributed by atoms with Gasteiger partial charge in [0.2, 0.25) is 0 Å². The third-order valence-electron chi connectivity index (χ3n) is 7.67. The third kappa shape index (κ3) is 7.32. The molecule has 3 aromatic rings. The van der Waals surface area contributed by atoms with Crippen LogP contribution in [0, 0.1) is 0 Å². The van der Waals surface area contributed by atoms with E-state index in [-0.39, 0.29) is 11.9 Å². The Morgan fingerprint density at radius 2 is 1.68 bits per heavy atom. The fraction of sp³-hybridized carbons (Fsp3) is 0.452. The summed E-state index contributed by atoms with van der Waals surface area (Å²) in [5, 5.41) is 9.39. The number of fused-ring (bicyclic) bond motifs is 1. The maximum absolute atomic E-state index is 12.7. The Balaban J connectivity index is 1.09. The van der Waals surface area contributed by atoms with Crippen molar-refractivity contribution in [2.45, 2.75) is 32.0 Å². The molecule has 0 aromatic heterocycles. The van der Waals surface area contributed by atoms with E-state index in [0.29, 0.717) is 11.3 Å². The molecule has 2 aliphatic rings. The van der Waals surface area contributed by atoms with Gasteiger partial charge in [0, 0.05) is 64.0 Å². The summed E-state index contributed by atoms with van der Waals surface area (Å²) in [5.41, 5.74) is 3.31. The minimum Gasteiger partial charge on any atom is -0.497 e. The van der Waals surface area contributed by atoms with E-state index in [4.69, 9.17) is 9.47 Å². The first-order chi connectivity index (χ1) is 18.7. The summed E-state index contributed by atoms with van der Waals surface area (Å²) in [5.74, 6) is 0.679. The molecule has 0 radical (unpaired) electrons. The maximum Gasteiger partial charge on any atom is 0.251 e. The summed E-state index contributed by atoms with van der Waals surface area (Å²) < 4.78 is 10.7. The number of morpholine rings is 1. The summed E-state index contributed by atoms with van der Waals surface area (Å²) >= 11 is 0. The Labute approximate surface area is 226 Å². The molecule has 2 fully saturated rings. The molecule has 2 heterocycles. The first kappa shape index (κ1) is 26.6. The van der Waals surface area contributed by atoms with Gasteiger partial charge < -0.3 is 20.1 Å². The predicted molar refractivity (Wildman–Crippen MR) is 152 cm³/mol. The van der Waals surface area contributed by atoms with Crippen LogP contribution in [-0.2, 0) is 17.8 Å². The van der Waals surface area contributed by atoms with Crippen molar-refractivity contribution >= 4 is 16.7 Å². The number of rotatable bonds is 10. The number of piperidine rings is 1. The van der Waals surface area contributed by atoms with E-state index in [1.165, 1.54) is 21.9 Å². The number of amides is 1. The van der Waals surface area contributed by atoms with Crippen LogP contribution < -0.4 is 15.4 Å². The standard InChI is InChI=1S/C31H40N4O3/c1-37-30-4-2-3-27(21-30)31(36)33-29-9-12-35(13-10-29)23-25-6-8-26-7-5-24(19-28(26)20-25)22-32-11-14-34-15-17-38-18-16-34/h2-8,19-21,29,32H,9-18,22-23H2,1H3,(H,33,36). The topological polar surface area (TPSA) is 66.1 Å². The minimum atomic E-state index is -0.0248. The molecule has 2 saturated heterocycles. The molecule has 0 bridgehead atoms. The first-order valence-electron chi connectivity index (χ1n) is 13.9. The Bertz CT molecular complexity index is 1200. The highest BCUT2D eigenvalue weighted by Crippen LogP contribution is 2.21. The second-order valence-corrected chi connectivity index (χ2v) is 10.4. The zero-order valence-electron chi connectivity index (χ0n) is 22.5. The summed E-state index contributed by atoms with van der Waals surface area (Å²) in [6.07, 6.45) is 1.92. The van der Waals surface area contributed by atoms with Crippen LogP contribution in [0.25, 0.3) is 10.8 Å². The lowest BCUT2D eigenvalue weighted by molar-refractivity contribution is 0.0384. The molecule has 7 nitrogen and oxygen atoms in total. The highest BCUT2D eigenvalue weighted by Gasteiger charge is 2.21. The monoisotopic (exact) mass is 516 g/mol. The zero-order valence-corrected chi connectivity index (χ0v) is 22.5. The minimum absolute atomic E-state index is 0.0248. The van der Waals surface area contributed by atoms with Crippen molar-refractivity contribution in [3.05, 3.63) is 77.4 Å². The molecular formula is C31H40N4O3. The molecule has 3 aromatic carbocycles. The Morgan fingerprint density at radius 1 is 0.921 bits per heavy atom. The lowest BCUT2D eigenvalue weighted by Crippen LogP contribution is -2.44. The molecule has 7 heteroatoms. The van der Waals surface area contributed by atoms with Crippen LogP contribution in [0.1, 0.15) is 34.3 Å². The highest BCUT2D eigenvalue weighted by atomic mass is 16.5. The molecule has 2 aliphatic heterocycles. The van der Waals surface area contributed by atoms with E-state index in [1.807, 2.05) is 18.2 Å². The van der Waals surface area contributed by atoms with Crippen molar-refractivity contribution in [3.8, 4) is 5.75 Å². The highest BCUT2D eigenvalue weighted by molar-refractivity contribution is 5.94. The number of methoxy groups -OCH3 is 1. The Hall–Kier alpha value is -2.97. The summed E-state index contributed by atoms with van der Waals surface area (Å²) in [7, 11) is 1.62. The van der Waals surface area contributed by atoms with Gasteiger partial charge in [0.25, 0.3) is 5.91 Å². The van der Waals surface area contributed by atoms with Crippen LogP contribution in [-0.4, -0.2) is 81.3 Å². The fourth-order valence-electron chi connectivity index (χ4n) is 5.38. The van der Waals surface area contributed by atoms with Gasteiger partial charge in [-0.3, -0.25) is 14.6 Å². The normalized spacial score (nSPS) is 17.5. The van der Waals surface area contributed by atoms with Crippen molar-refractivity contribution in [1.29, 1.82) is 0 Å². The van der Waals surface area contributed by atoms with Crippen LogP contribution in [0.4, 0.5) is 0 Å². The third-order valence-corrected chi connectivity index (χ3v) is 7.67. The van der Waals surface area contributed by atoms with Crippen LogP contribution in [0.2, 0.25) is 0 Å². The van der Waals surface area contributed by atoms with Crippen molar-refractivity contribution in [2.75, 3.05) is 59.6 Å². The smallest absolute Gasteiger partial charge is 0.251 e. The average Bonchev–Trinajstić information content (AvgIpc) is 2.97. The number of benzene rings is 3. The molecule has 0 atom stereocenters. The number of nitrogens with one attached hydrogen (secondary N) is 2. The van der Waals surface area contributed by atoms with Crippen molar-refractivity contribution < 1.29 is 14.3 Å². The van der Waals surface area contributed by atoms with Crippen LogP contribution in [0.3, 0.4) is 0 Å². The van der Waals surface area contributed by atoms with E-state index in [1.54, 1.807) is 13.2 Å². The van der Waals surface area contributed by atoms with Gasteiger partial charge in [-0.15, -0.1) is 0 Å². The van der Waals surface area contributed by atoms with Crippen LogP contribution in [0.15, 0.2) is 60.7 Å². The van der Waals surface area contributed by atoms with Crippen molar-refractivity contribution in [1.82, 2.24) is 20.4 Å². The molecule has 2 N–H and O–H groups in total. The molecule has 1 amide bonds. The van der Waals surface area contributed by atoms with Crippen LogP contribution in [0.5, 0.6) is 5.75 Å². The quantitative estimate of drug-likeness (QED) is 0.401. The molecule has 0 spiro atoms. The van der Waals surface area contributed by atoms with Gasteiger partial charge in [0.1, 0.15) is 5.75 Å². The fourth-order valence-corrected chi connectivity index (χ4v) is 5.38. The van der Waals surface area contributed by atoms with E-state index in [0.717, 1.165) is 78.4 Å². The molecule has 38 heavy (non-hydrogen) atoms. The maximum atomic E-state index is 12.7. The summed E-state index contributed by atoms with van der Waals surface area (Å²) in [6, 6.07) is 21.1. The number of hydrogen-bond acceptors (Lipinski definition) is 6. The van der Waals surface area contributed by atoms with Crippen LogP contribution >= 0.6 is 0 Å². The van der Waals surface area contributed by atoms with Gasteiger partial charge in [0.05, 0.1) is 20.3 Å². The van der Waals surface area contributed by atoms with Crippen molar-refractivity contribution in [2.24, 2.45) is 0 Å². The number of ether oxygens (including phenoxy) is 2. The number of hydrogen-bond donors (Lipinski definition) is 2. The molecule has 0 unspecified atom stereocenters. The molecular weight excluding hydrogens is 476 g/mol. The number of carbonyl (C=O) groups is 1. The van der Waals surface area contributed by atoms with Gasteiger partial charge in [-0.25, -0.2) is 0 Å². The van der Waals surface area contributed by atoms with Crippen molar-refractivity contribution in [3.63, 3.8) is 0 Å². The first-order valence-corrected chi connectivity index (χ1v) is 13.9. The number of likely N-dealkylation sites (tertiary alicyclic amines) is 1. The van der Waals surface area contributed by atoms with E-state index in [2.05, 4.69) is 56.8 Å². The second kappa shape index (κ2) is 13.2. The molecule has 0 saturated carbocycles. The van der Waals surface area contributed by atoms with Gasteiger partial charge in [-0.2, -0.15) is 0 Å². The Morgan fingerprint density at radius 3 is 2.47 bits per heavy atom. The number of carbonyl (C=O) groups excluding carboxylic acids is 1. The average molecular weight is 517 g/mol. The largest absolute Gasteiger partial charge is 0.497 e. The van der Waals surface area contributed by atoms with Gasteiger partial charge in [-0.05, 0) is 65.1 Å². The van der Waals surface area contributed by atoms with Gasteiger partial charge >= 0.3 is 0 Å². The SMILES string of the molecule is COc1cccc(C(=O)NC2CCN(Cc3ccc4ccc(CNCCN5CCOCC5)cc4c3)CC2)c1. The lowest BCUT2D eigenvalue weighted by atomic mass is 10.0. The van der Waals surface area contributed by atoms with E-state index in [9.17, 15) is 4.79 Å². The second-order valence-electron chi connectivity index (χ2n) is 10.4. The zero-order chi connectivity index (χ0) is 26.2. The van der Waals surface area contributed by atoms with Gasteiger partial charge in [0.15, 0.2) is 0 Å². The van der Waals surface area contributed by atoms with E-state index < -0.39 is 0 Å². The summed E-state index contributed by atoms with van der Waals surface area (Å²) in [6.45, 7) is 9.64. The summed E-state index contributed by atoms with van der Waals surface area (Å²) in [4.78, 5) is 17.6. The van der Waals surface area contributed by atoms with Gasteiger partial charge in [-0.1, -0.05) is 30.3 Å². The number of nitrogens with zero attached hydrogens (tertiary/aromatic N) is 2. The predicted octanol–water partition coefficient (Wildman–Crippen LogP) is 3.66. The molecule has 0 aliphatic carbocycles.